The van der Waals surface area contributed by atoms with E-state index in [2.05, 4.69) is 126 Å². The first-order chi connectivity index (χ1) is 26.7. The third-order valence-corrected chi connectivity index (χ3v) is 10.3. The highest BCUT2D eigenvalue weighted by molar-refractivity contribution is 6.10. The quantitative estimate of drug-likeness (QED) is 0.168. The van der Waals surface area contributed by atoms with Crippen LogP contribution in [0.25, 0.3) is 106 Å². The Kier molecular flexibility index (Phi) is 6.75. The number of para-hydroxylation sites is 3. The van der Waals surface area contributed by atoms with Gasteiger partial charge >= 0.3 is 0 Å². The van der Waals surface area contributed by atoms with Crippen LogP contribution in [0, 0.1) is 0 Å². The molecule has 252 valence electrons. The molecule has 6 nitrogen and oxygen atoms in total. The van der Waals surface area contributed by atoms with E-state index in [1.807, 2.05) is 54.6 Å². The van der Waals surface area contributed by atoms with Gasteiger partial charge in [-0.2, -0.15) is 0 Å². The molecular formula is C48H29N5O. The van der Waals surface area contributed by atoms with E-state index in [1.165, 1.54) is 26.9 Å². The maximum atomic E-state index is 6.17. The zero-order valence-corrected chi connectivity index (χ0v) is 28.9. The van der Waals surface area contributed by atoms with Crippen molar-refractivity contribution in [2.24, 2.45) is 0 Å². The van der Waals surface area contributed by atoms with E-state index in [0.29, 0.717) is 23.4 Å². The van der Waals surface area contributed by atoms with Crippen LogP contribution in [0.1, 0.15) is 0 Å². The molecule has 3 aromatic heterocycles. The van der Waals surface area contributed by atoms with E-state index in [1.54, 1.807) is 0 Å². The smallest absolute Gasteiger partial charge is 0.227 e. The van der Waals surface area contributed by atoms with Crippen LogP contribution in [0.2, 0.25) is 0 Å². The van der Waals surface area contributed by atoms with Gasteiger partial charge < -0.3 is 8.98 Å². The molecule has 0 saturated heterocycles. The molecule has 3 heterocycles. The minimum atomic E-state index is 0.602. The zero-order valence-electron chi connectivity index (χ0n) is 28.9. The normalized spacial score (nSPS) is 11.7. The van der Waals surface area contributed by atoms with Crippen molar-refractivity contribution in [3.05, 3.63) is 176 Å². The topological polar surface area (TPSA) is 69.6 Å². The fourth-order valence-electron chi connectivity index (χ4n) is 7.63. The zero-order chi connectivity index (χ0) is 35.6. The summed E-state index contributed by atoms with van der Waals surface area (Å²) < 4.78 is 8.47. The van der Waals surface area contributed by atoms with Crippen molar-refractivity contribution in [2.45, 2.75) is 0 Å². The van der Waals surface area contributed by atoms with E-state index in [4.69, 9.17) is 24.4 Å². The van der Waals surface area contributed by atoms with E-state index in [9.17, 15) is 0 Å². The molecule has 0 aliphatic heterocycles. The lowest BCUT2D eigenvalue weighted by Crippen LogP contribution is -2.00. The van der Waals surface area contributed by atoms with Gasteiger partial charge in [0.25, 0.3) is 0 Å². The highest BCUT2D eigenvalue weighted by Crippen LogP contribution is 2.36. The van der Waals surface area contributed by atoms with Crippen LogP contribution < -0.4 is 0 Å². The van der Waals surface area contributed by atoms with Crippen LogP contribution in [0.3, 0.4) is 0 Å². The average molecular weight is 692 g/mol. The van der Waals surface area contributed by atoms with Gasteiger partial charge in [0.2, 0.25) is 5.89 Å². The lowest BCUT2D eigenvalue weighted by molar-refractivity contribution is 0.620. The second kappa shape index (κ2) is 12.1. The summed E-state index contributed by atoms with van der Waals surface area (Å²) >= 11 is 0. The number of nitrogens with zero attached hydrogens (tertiary/aromatic N) is 5. The molecule has 0 unspecified atom stereocenters. The molecule has 8 aromatic carbocycles. The number of hydrogen-bond donors (Lipinski definition) is 0. The molecular weight excluding hydrogens is 663 g/mol. The second-order valence-electron chi connectivity index (χ2n) is 13.5. The monoisotopic (exact) mass is 691 g/mol. The van der Waals surface area contributed by atoms with E-state index in [0.717, 1.165) is 55.5 Å². The van der Waals surface area contributed by atoms with Gasteiger partial charge in [-0.25, -0.2) is 19.9 Å². The maximum Gasteiger partial charge on any atom is 0.227 e. The van der Waals surface area contributed by atoms with Gasteiger partial charge in [-0.1, -0.05) is 115 Å². The Balaban J connectivity index is 1.04. The Morgan fingerprint density at radius 3 is 1.78 bits per heavy atom. The molecule has 54 heavy (non-hydrogen) atoms. The lowest BCUT2D eigenvalue weighted by atomic mass is 10.00. The summed E-state index contributed by atoms with van der Waals surface area (Å²) in [7, 11) is 0. The van der Waals surface area contributed by atoms with Crippen LogP contribution in [-0.4, -0.2) is 24.5 Å². The molecule has 11 aromatic rings. The third kappa shape index (κ3) is 4.96. The molecule has 0 aliphatic rings. The summed E-state index contributed by atoms with van der Waals surface area (Å²) in [6.45, 7) is 0. The van der Waals surface area contributed by atoms with Gasteiger partial charge in [-0.3, -0.25) is 0 Å². The third-order valence-electron chi connectivity index (χ3n) is 10.3. The van der Waals surface area contributed by atoms with Crippen molar-refractivity contribution in [3.63, 3.8) is 0 Å². The Labute approximate surface area is 309 Å². The first-order valence-corrected chi connectivity index (χ1v) is 18.0. The Morgan fingerprint density at radius 1 is 0.370 bits per heavy atom. The minimum absolute atomic E-state index is 0.602. The van der Waals surface area contributed by atoms with E-state index in [-0.39, 0.29) is 0 Å². The highest BCUT2D eigenvalue weighted by atomic mass is 16.3. The van der Waals surface area contributed by atoms with Crippen LogP contribution in [0.15, 0.2) is 180 Å². The molecule has 6 heteroatoms. The van der Waals surface area contributed by atoms with Crippen LogP contribution in [0.5, 0.6) is 0 Å². The molecule has 0 atom stereocenters. The second-order valence-corrected chi connectivity index (χ2v) is 13.5. The van der Waals surface area contributed by atoms with Crippen molar-refractivity contribution in [3.8, 4) is 51.3 Å². The number of fused-ring (bicyclic) bond motifs is 7. The standard InChI is InChI=1S/C48H29N5O/c1-2-11-32(12-3-1)45-50-46(52-47(51-45)34-21-20-31-19-18-30-10-4-5-13-37(30)40(31)28-34)33-22-25-36(26-23-33)53-42-16-8-6-14-38(42)39-27-24-35(29-43(39)53)48-49-41-15-7-9-17-44(41)54-48/h1-29H. The lowest BCUT2D eigenvalue weighted by Gasteiger charge is -2.11. The average Bonchev–Trinajstić information content (AvgIpc) is 3.83. The summed E-state index contributed by atoms with van der Waals surface area (Å²) in [5, 5.41) is 7.09. The van der Waals surface area contributed by atoms with Crippen LogP contribution in [0.4, 0.5) is 0 Å². The minimum Gasteiger partial charge on any atom is -0.436 e. The van der Waals surface area contributed by atoms with Crippen molar-refractivity contribution >= 4 is 54.5 Å². The summed E-state index contributed by atoms with van der Waals surface area (Å²) in [5.41, 5.74) is 8.53. The fraction of sp³-hybridized carbons (Fsp3) is 0. The summed E-state index contributed by atoms with van der Waals surface area (Å²) in [6.07, 6.45) is 0. The Bertz CT molecular complexity index is 3180. The van der Waals surface area contributed by atoms with Gasteiger partial charge in [0.05, 0.1) is 11.0 Å². The van der Waals surface area contributed by atoms with Gasteiger partial charge in [0.1, 0.15) is 5.52 Å². The SMILES string of the molecule is c1ccc(-c2nc(-c3ccc(-n4c5ccccc5c5ccc(-c6nc7ccccc7o6)cc54)cc3)nc(-c3ccc4ccc5ccccc5c4c3)n2)cc1. The number of hydrogen-bond acceptors (Lipinski definition) is 5. The predicted molar refractivity (Wildman–Crippen MR) is 218 cm³/mol. The number of benzene rings is 8. The first kappa shape index (κ1) is 30.2. The maximum absolute atomic E-state index is 6.17. The molecule has 0 radical (unpaired) electrons. The Morgan fingerprint density at radius 2 is 0.963 bits per heavy atom. The molecule has 0 bridgehead atoms. The number of oxazole rings is 1. The van der Waals surface area contributed by atoms with Gasteiger partial charge in [0.15, 0.2) is 23.1 Å². The van der Waals surface area contributed by atoms with Gasteiger partial charge in [-0.05, 0) is 82.2 Å². The van der Waals surface area contributed by atoms with Crippen LogP contribution in [-0.2, 0) is 0 Å². The van der Waals surface area contributed by atoms with E-state index >= 15 is 0 Å². The number of rotatable bonds is 5. The first-order valence-electron chi connectivity index (χ1n) is 18.0. The summed E-state index contributed by atoms with van der Waals surface area (Å²) in [4.78, 5) is 19.9. The van der Waals surface area contributed by atoms with Gasteiger partial charge in [-0.15, -0.1) is 0 Å². The van der Waals surface area contributed by atoms with Crippen molar-refractivity contribution in [1.29, 1.82) is 0 Å². The van der Waals surface area contributed by atoms with Gasteiger partial charge in [0, 0.05) is 38.7 Å². The van der Waals surface area contributed by atoms with Crippen molar-refractivity contribution in [1.82, 2.24) is 24.5 Å². The predicted octanol–water partition coefficient (Wildman–Crippen LogP) is 12.1. The van der Waals surface area contributed by atoms with Crippen molar-refractivity contribution in [2.75, 3.05) is 0 Å². The molecule has 11 rings (SSSR count). The van der Waals surface area contributed by atoms with E-state index < -0.39 is 0 Å². The molecule has 0 aliphatic carbocycles. The molecule has 0 fully saturated rings. The molecule has 0 N–H and O–H groups in total. The highest BCUT2D eigenvalue weighted by Gasteiger charge is 2.17. The largest absolute Gasteiger partial charge is 0.436 e. The van der Waals surface area contributed by atoms with Crippen LogP contribution >= 0.6 is 0 Å². The molecule has 0 amide bonds. The van der Waals surface area contributed by atoms with Crippen molar-refractivity contribution < 1.29 is 4.42 Å². The summed E-state index contributed by atoms with van der Waals surface area (Å²) in [6, 6.07) is 60.7. The summed E-state index contributed by atoms with van der Waals surface area (Å²) in [5.74, 6) is 2.48. The fourth-order valence-corrected chi connectivity index (χ4v) is 7.63. The molecule has 0 spiro atoms. The Hall–Kier alpha value is -7.44. The molecule has 0 saturated carbocycles. The number of aromatic nitrogens is 5.